The number of carbonyl (C=O) groups excluding carboxylic acids is 2. The van der Waals surface area contributed by atoms with Gasteiger partial charge in [-0.3, -0.25) is 4.79 Å². The molecule has 1 aromatic rings. The van der Waals surface area contributed by atoms with E-state index in [2.05, 4.69) is 10.3 Å². The van der Waals surface area contributed by atoms with Crippen LogP contribution in [0.25, 0.3) is 0 Å². The molecular formula is C16H26N4O2S. The van der Waals surface area contributed by atoms with Gasteiger partial charge in [-0.25, -0.2) is 9.78 Å². The zero-order chi connectivity index (χ0) is 17.0. The van der Waals surface area contributed by atoms with Crippen molar-refractivity contribution >= 4 is 23.3 Å². The van der Waals surface area contributed by atoms with Crippen molar-refractivity contribution in [2.45, 2.75) is 52.6 Å². The summed E-state index contributed by atoms with van der Waals surface area (Å²) in [5.41, 5.74) is 0.867. The number of carbonyl (C=O) groups is 2. The van der Waals surface area contributed by atoms with Crippen molar-refractivity contribution in [3.05, 3.63) is 16.1 Å². The van der Waals surface area contributed by atoms with E-state index in [-0.39, 0.29) is 24.0 Å². The minimum atomic E-state index is -0.334. The van der Waals surface area contributed by atoms with Gasteiger partial charge in [-0.1, -0.05) is 0 Å². The molecule has 6 nitrogen and oxygen atoms in total. The van der Waals surface area contributed by atoms with E-state index in [9.17, 15) is 9.59 Å². The molecule has 2 atom stereocenters. The van der Waals surface area contributed by atoms with Crippen LogP contribution >= 0.6 is 11.3 Å². The fraction of sp³-hybridized carbons (Fsp3) is 0.688. The lowest BCUT2D eigenvalue weighted by Gasteiger charge is -2.29. The Bertz CT molecular complexity index is 556. The van der Waals surface area contributed by atoms with Gasteiger partial charge in [-0.15, -0.1) is 11.3 Å². The normalized spacial score (nSPS) is 18.8. The van der Waals surface area contributed by atoms with E-state index in [4.69, 9.17) is 0 Å². The molecule has 2 rings (SSSR count). The highest BCUT2D eigenvalue weighted by Gasteiger charge is 2.36. The van der Waals surface area contributed by atoms with Gasteiger partial charge >= 0.3 is 6.03 Å². The summed E-state index contributed by atoms with van der Waals surface area (Å²) < 4.78 is 0. The van der Waals surface area contributed by atoms with Crippen molar-refractivity contribution in [3.8, 4) is 0 Å². The molecule has 0 aromatic carbocycles. The predicted octanol–water partition coefficient (Wildman–Crippen LogP) is 2.55. The highest BCUT2D eigenvalue weighted by atomic mass is 32.1. The lowest BCUT2D eigenvalue weighted by atomic mass is 10.2. The summed E-state index contributed by atoms with van der Waals surface area (Å²) in [6.45, 7) is 9.78. The highest BCUT2D eigenvalue weighted by molar-refractivity contribution is 7.09. The molecule has 0 saturated carbocycles. The van der Waals surface area contributed by atoms with Crippen LogP contribution in [0.5, 0.6) is 0 Å². The monoisotopic (exact) mass is 338 g/mol. The van der Waals surface area contributed by atoms with Crippen molar-refractivity contribution in [3.63, 3.8) is 0 Å². The van der Waals surface area contributed by atoms with E-state index in [1.54, 1.807) is 21.1 Å². The quantitative estimate of drug-likeness (QED) is 0.897. The van der Waals surface area contributed by atoms with Crippen LogP contribution in [-0.4, -0.2) is 52.4 Å². The van der Waals surface area contributed by atoms with Crippen molar-refractivity contribution in [1.82, 2.24) is 20.1 Å². The molecule has 1 aliphatic rings. The van der Waals surface area contributed by atoms with E-state index in [1.165, 1.54) is 0 Å². The van der Waals surface area contributed by atoms with Gasteiger partial charge in [-0.2, -0.15) is 0 Å². The van der Waals surface area contributed by atoms with Crippen LogP contribution in [-0.2, 0) is 4.79 Å². The molecule has 0 spiro atoms. The number of hydrogen-bond donors (Lipinski definition) is 1. The van der Waals surface area contributed by atoms with Gasteiger partial charge in [0.2, 0.25) is 5.91 Å². The van der Waals surface area contributed by atoms with E-state index in [0.717, 1.165) is 23.5 Å². The molecule has 1 N–H and O–H groups in total. The summed E-state index contributed by atoms with van der Waals surface area (Å²) in [5.74, 6) is 0.0554. The SMILES string of the molecule is CCN(CC)C(=O)C1CCCN1C(=O)NC(C)c1csc(C)n1. The number of nitrogens with zero attached hydrogens (tertiary/aromatic N) is 3. The Balaban J connectivity index is 2.01. The molecule has 1 aliphatic heterocycles. The van der Waals surface area contributed by atoms with Crippen LogP contribution in [0.2, 0.25) is 0 Å². The van der Waals surface area contributed by atoms with Gasteiger partial charge in [0, 0.05) is 25.0 Å². The van der Waals surface area contributed by atoms with Crippen LogP contribution < -0.4 is 5.32 Å². The van der Waals surface area contributed by atoms with Crippen molar-refractivity contribution in [2.24, 2.45) is 0 Å². The Labute approximate surface area is 141 Å². The number of aromatic nitrogens is 1. The number of likely N-dealkylation sites (tertiary alicyclic amines) is 1. The lowest BCUT2D eigenvalue weighted by molar-refractivity contribution is -0.134. The maximum Gasteiger partial charge on any atom is 0.318 e. The first-order chi connectivity index (χ1) is 11.0. The molecule has 2 unspecified atom stereocenters. The maximum absolute atomic E-state index is 12.6. The highest BCUT2D eigenvalue weighted by Crippen LogP contribution is 2.21. The van der Waals surface area contributed by atoms with Crippen molar-refractivity contribution < 1.29 is 9.59 Å². The third-order valence-corrected chi connectivity index (χ3v) is 5.09. The van der Waals surface area contributed by atoms with Gasteiger partial charge in [0.15, 0.2) is 0 Å². The average molecular weight is 338 g/mol. The number of urea groups is 1. The number of thiazole rings is 1. The fourth-order valence-electron chi connectivity index (χ4n) is 2.93. The predicted molar refractivity (Wildman–Crippen MR) is 91.5 cm³/mol. The largest absolute Gasteiger partial charge is 0.341 e. The van der Waals surface area contributed by atoms with Crippen LogP contribution in [0.1, 0.15) is 50.4 Å². The summed E-state index contributed by atoms with van der Waals surface area (Å²) in [4.78, 5) is 33.0. The molecule has 23 heavy (non-hydrogen) atoms. The molecule has 128 valence electrons. The van der Waals surface area contributed by atoms with Gasteiger partial charge in [0.05, 0.1) is 16.7 Å². The van der Waals surface area contributed by atoms with Gasteiger partial charge in [-0.05, 0) is 40.5 Å². The first kappa shape index (κ1) is 17.7. The number of aryl methyl sites for hydroxylation is 1. The van der Waals surface area contributed by atoms with Gasteiger partial charge in [0.25, 0.3) is 0 Å². The molecular weight excluding hydrogens is 312 g/mol. The summed E-state index contributed by atoms with van der Waals surface area (Å²) in [6.07, 6.45) is 1.61. The molecule has 0 bridgehead atoms. The van der Waals surface area contributed by atoms with Gasteiger partial charge in [0.1, 0.15) is 6.04 Å². The number of nitrogens with one attached hydrogen (secondary N) is 1. The molecule has 0 radical (unpaired) electrons. The average Bonchev–Trinajstić information content (AvgIpc) is 3.16. The number of rotatable bonds is 5. The van der Waals surface area contributed by atoms with E-state index >= 15 is 0 Å². The number of likely N-dealkylation sites (N-methyl/N-ethyl adjacent to an activating group) is 1. The molecule has 0 aliphatic carbocycles. The summed E-state index contributed by atoms with van der Waals surface area (Å²) in [5, 5.41) is 5.92. The lowest BCUT2D eigenvalue weighted by Crippen LogP contribution is -2.51. The minimum absolute atomic E-state index is 0.0554. The Morgan fingerprint density at radius 3 is 2.74 bits per heavy atom. The summed E-state index contributed by atoms with van der Waals surface area (Å²) >= 11 is 1.57. The van der Waals surface area contributed by atoms with Crippen molar-refractivity contribution in [1.29, 1.82) is 0 Å². The van der Waals surface area contributed by atoms with Crippen LogP contribution in [0.3, 0.4) is 0 Å². The third kappa shape index (κ3) is 4.02. The topological polar surface area (TPSA) is 65.5 Å². The Morgan fingerprint density at radius 1 is 1.48 bits per heavy atom. The van der Waals surface area contributed by atoms with E-state index < -0.39 is 0 Å². The van der Waals surface area contributed by atoms with Crippen LogP contribution in [0.15, 0.2) is 5.38 Å². The summed E-state index contributed by atoms with van der Waals surface area (Å²) in [6, 6.07) is -0.664. The van der Waals surface area contributed by atoms with E-state index in [0.29, 0.717) is 19.6 Å². The second-order valence-corrected chi connectivity index (χ2v) is 6.89. The Kier molecular flexibility index (Phi) is 5.98. The van der Waals surface area contributed by atoms with Gasteiger partial charge < -0.3 is 15.1 Å². The van der Waals surface area contributed by atoms with Crippen LogP contribution in [0, 0.1) is 6.92 Å². The Hall–Kier alpha value is -1.63. The maximum atomic E-state index is 12.6. The van der Waals surface area contributed by atoms with E-state index in [1.807, 2.05) is 33.1 Å². The Morgan fingerprint density at radius 2 is 2.17 bits per heavy atom. The molecule has 2 heterocycles. The molecule has 7 heteroatoms. The minimum Gasteiger partial charge on any atom is -0.341 e. The molecule has 1 aromatic heterocycles. The second kappa shape index (κ2) is 7.77. The smallest absolute Gasteiger partial charge is 0.318 e. The first-order valence-electron chi connectivity index (χ1n) is 8.25. The van der Waals surface area contributed by atoms with Crippen molar-refractivity contribution in [2.75, 3.05) is 19.6 Å². The summed E-state index contributed by atoms with van der Waals surface area (Å²) in [7, 11) is 0. The zero-order valence-corrected chi connectivity index (χ0v) is 15.2. The number of hydrogen-bond acceptors (Lipinski definition) is 4. The first-order valence-corrected chi connectivity index (χ1v) is 9.13. The second-order valence-electron chi connectivity index (χ2n) is 5.82. The van der Waals surface area contributed by atoms with Crippen LogP contribution in [0.4, 0.5) is 4.79 Å². The zero-order valence-electron chi connectivity index (χ0n) is 14.3. The third-order valence-electron chi connectivity index (χ3n) is 4.29. The number of amides is 3. The molecule has 1 fully saturated rings. The molecule has 3 amide bonds. The molecule has 1 saturated heterocycles. The fourth-order valence-corrected chi connectivity index (χ4v) is 3.64. The standard InChI is InChI=1S/C16H26N4O2S/c1-5-19(6-2)15(21)14-8-7-9-20(14)16(22)17-11(3)13-10-23-12(4)18-13/h10-11,14H,5-9H2,1-4H3,(H,17,22).